The Bertz CT molecular complexity index is 332. The lowest BCUT2D eigenvalue weighted by Gasteiger charge is -2.20. The topological polar surface area (TPSA) is 20.2 Å². The number of aromatic hydroxyl groups is 1. The first kappa shape index (κ1) is 12.1. The van der Waals surface area contributed by atoms with E-state index >= 15 is 0 Å². The van der Waals surface area contributed by atoms with E-state index in [1.807, 2.05) is 18.2 Å². The van der Waals surface area contributed by atoms with E-state index in [2.05, 4.69) is 41.0 Å². The van der Waals surface area contributed by atoms with Gasteiger partial charge in [0.05, 0.1) is 0 Å². The second kappa shape index (κ2) is 4.26. The molecule has 1 heteroatoms. The molecule has 0 aliphatic rings. The molecule has 0 saturated carbocycles. The summed E-state index contributed by atoms with van der Waals surface area (Å²) in [6.07, 6.45) is 2.11. The van der Waals surface area contributed by atoms with E-state index in [1.54, 1.807) is 0 Å². The molecule has 1 aromatic carbocycles. The van der Waals surface area contributed by atoms with E-state index in [9.17, 15) is 5.11 Å². The van der Waals surface area contributed by atoms with Gasteiger partial charge in [0.1, 0.15) is 5.75 Å². The zero-order chi connectivity index (χ0) is 11.6. The summed E-state index contributed by atoms with van der Waals surface area (Å²) in [5.74, 6) is 0.792. The summed E-state index contributed by atoms with van der Waals surface area (Å²) in [5.41, 5.74) is 2.05. The van der Waals surface area contributed by atoms with Crippen LogP contribution in [0.15, 0.2) is 18.2 Å². The van der Waals surface area contributed by atoms with Gasteiger partial charge >= 0.3 is 0 Å². The summed E-state index contributed by atoms with van der Waals surface area (Å²) in [5, 5.41) is 10.1. The average molecular weight is 205 g/mol. The third-order valence-corrected chi connectivity index (χ3v) is 2.31. The smallest absolute Gasteiger partial charge is 0.122 e. The molecule has 0 fully saturated rings. The van der Waals surface area contributed by atoms with Gasteiger partial charge in [-0.05, 0) is 28.9 Å². The first-order valence-electron chi connectivity index (χ1n) is 5.49. The molecule has 15 heavy (non-hydrogen) atoms. The first-order chi connectivity index (χ1) is 6.81. The second-order valence-corrected chi connectivity index (χ2v) is 5.45. The lowest BCUT2D eigenvalue weighted by molar-refractivity contribution is 0.448. The Balaban J connectivity index is 3.05. The number of phenols is 1. The van der Waals surface area contributed by atoms with Crippen molar-refractivity contribution in [2.45, 2.75) is 40.5 Å². The Labute approximate surface area is 93.1 Å². The van der Waals surface area contributed by atoms with Crippen molar-refractivity contribution in [1.29, 1.82) is 0 Å². The summed E-state index contributed by atoms with van der Waals surface area (Å²) >= 11 is 0. The third kappa shape index (κ3) is 3.26. The van der Waals surface area contributed by atoms with Crippen molar-refractivity contribution in [3.05, 3.63) is 35.7 Å². The van der Waals surface area contributed by atoms with Gasteiger partial charge in [-0.25, -0.2) is 0 Å². The zero-order valence-electron chi connectivity index (χ0n) is 10.3. The highest BCUT2D eigenvalue weighted by Gasteiger charge is 2.16. The van der Waals surface area contributed by atoms with E-state index in [0.29, 0.717) is 11.7 Å². The summed E-state index contributed by atoms with van der Waals surface area (Å²) in [6, 6.07) is 5.96. The molecule has 0 atom stereocenters. The highest BCUT2D eigenvalue weighted by Crippen LogP contribution is 2.34. The van der Waals surface area contributed by atoms with Crippen LogP contribution in [0.2, 0.25) is 0 Å². The Morgan fingerprint density at radius 3 is 2.27 bits per heavy atom. The van der Waals surface area contributed by atoms with Crippen molar-refractivity contribution in [2.24, 2.45) is 5.41 Å². The minimum Gasteiger partial charge on any atom is -0.507 e. The molecule has 0 amide bonds. The predicted molar refractivity (Wildman–Crippen MR) is 65.1 cm³/mol. The lowest BCUT2D eigenvalue weighted by atomic mass is 9.86. The first-order valence-corrected chi connectivity index (χ1v) is 5.49. The van der Waals surface area contributed by atoms with E-state index in [4.69, 9.17) is 0 Å². The SMILES string of the molecule is CC(C)c1cccc([CH]C(C)(C)C)c1O. The standard InChI is InChI=1S/C14H21O/c1-10(2)12-8-6-7-11(13(12)15)9-14(3,4)5/h6-10,15H,1-5H3. The molecule has 1 N–H and O–H groups in total. The monoisotopic (exact) mass is 205 g/mol. The predicted octanol–water partition coefficient (Wildman–Crippen LogP) is 4.11. The number of rotatable bonds is 2. The third-order valence-electron chi connectivity index (χ3n) is 2.31. The van der Waals surface area contributed by atoms with Crippen molar-refractivity contribution in [1.82, 2.24) is 0 Å². The Hall–Kier alpha value is -0.980. The van der Waals surface area contributed by atoms with Crippen molar-refractivity contribution < 1.29 is 5.11 Å². The summed E-state index contributed by atoms with van der Waals surface area (Å²) in [4.78, 5) is 0. The maximum atomic E-state index is 10.1. The van der Waals surface area contributed by atoms with Crippen LogP contribution in [0.3, 0.4) is 0 Å². The van der Waals surface area contributed by atoms with Crippen LogP contribution in [0.25, 0.3) is 0 Å². The molecule has 0 aliphatic heterocycles. The number of hydrogen-bond acceptors (Lipinski definition) is 1. The number of benzene rings is 1. The average Bonchev–Trinajstić information content (AvgIpc) is 2.05. The van der Waals surface area contributed by atoms with Crippen LogP contribution < -0.4 is 0 Å². The molecule has 0 heterocycles. The van der Waals surface area contributed by atoms with Crippen molar-refractivity contribution >= 4 is 0 Å². The van der Waals surface area contributed by atoms with E-state index in [1.165, 1.54) is 0 Å². The zero-order valence-corrected chi connectivity index (χ0v) is 10.3. The van der Waals surface area contributed by atoms with Crippen LogP contribution in [0, 0.1) is 11.8 Å². The van der Waals surface area contributed by atoms with Gasteiger partial charge in [0, 0.05) is 0 Å². The molecule has 0 aliphatic carbocycles. The molecule has 0 spiro atoms. The molecule has 1 aromatic rings. The molecule has 0 bridgehead atoms. The number of hydrogen-bond donors (Lipinski definition) is 1. The van der Waals surface area contributed by atoms with Crippen LogP contribution in [-0.2, 0) is 0 Å². The van der Waals surface area contributed by atoms with Gasteiger partial charge in [-0.15, -0.1) is 0 Å². The van der Waals surface area contributed by atoms with Crippen LogP contribution in [0.4, 0.5) is 0 Å². The van der Waals surface area contributed by atoms with Crippen molar-refractivity contribution in [3.63, 3.8) is 0 Å². The fourth-order valence-electron chi connectivity index (χ4n) is 1.63. The molecule has 0 unspecified atom stereocenters. The fourth-order valence-corrected chi connectivity index (χ4v) is 1.63. The number of phenolic OH excluding ortho intramolecular Hbond substituents is 1. The highest BCUT2D eigenvalue weighted by molar-refractivity contribution is 5.46. The van der Waals surface area contributed by atoms with Gasteiger partial charge in [0.25, 0.3) is 0 Å². The second-order valence-electron chi connectivity index (χ2n) is 5.45. The number of para-hydroxylation sites is 1. The summed E-state index contributed by atoms with van der Waals surface area (Å²) < 4.78 is 0. The molecule has 0 saturated heterocycles. The van der Waals surface area contributed by atoms with E-state index in [-0.39, 0.29) is 5.41 Å². The molecule has 1 rings (SSSR count). The van der Waals surface area contributed by atoms with Gasteiger partial charge in [0.15, 0.2) is 0 Å². The van der Waals surface area contributed by atoms with Crippen molar-refractivity contribution in [2.75, 3.05) is 0 Å². The summed E-state index contributed by atoms with van der Waals surface area (Å²) in [7, 11) is 0. The molecular formula is C14H21O. The van der Waals surface area contributed by atoms with E-state index < -0.39 is 0 Å². The molecule has 0 aromatic heterocycles. The van der Waals surface area contributed by atoms with Crippen LogP contribution in [0.5, 0.6) is 5.75 Å². The van der Waals surface area contributed by atoms with Gasteiger partial charge in [-0.1, -0.05) is 52.8 Å². The minimum atomic E-state index is 0.0904. The maximum absolute atomic E-state index is 10.1. The van der Waals surface area contributed by atoms with Crippen LogP contribution in [0.1, 0.15) is 51.7 Å². The maximum Gasteiger partial charge on any atom is 0.122 e. The molecule has 83 valence electrons. The largest absolute Gasteiger partial charge is 0.507 e. The van der Waals surface area contributed by atoms with E-state index in [0.717, 1.165) is 11.1 Å². The van der Waals surface area contributed by atoms with Crippen molar-refractivity contribution in [3.8, 4) is 5.75 Å². The van der Waals surface area contributed by atoms with Crippen LogP contribution >= 0.6 is 0 Å². The fraction of sp³-hybridized carbons (Fsp3) is 0.500. The Kier molecular flexibility index (Phi) is 3.43. The Morgan fingerprint density at radius 2 is 1.80 bits per heavy atom. The lowest BCUT2D eigenvalue weighted by Crippen LogP contribution is -2.07. The highest BCUT2D eigenvalue weighted by atomic mass is 16.3. The van der Waals surface area contributed by atoms with Gasteiger partial charge in [0.2, 0.25) is 0 Å². The minimum absolute atomic E-state index is 0.0904. The van der Waals surface area contributed by atoms with Crippen LogP contribution in [-0.4, -0.2) is 5.11 Å². The molecular weight excluding hydrogens is 184 g/mol. The molecule has 1 nitrogen and oxygen atoms in total. The summed E-state index contributed by atoms with van der Waals surface area (Å²) in [6.45, 7) is 10.6. The van der Waals surface area contributed by atoms with Gasteiger partial charge in [-0.2, -0.15) is 0 Å². The van der Waals surface area contributed by atoms with Gasteiger partial charge < -0.3 is 5.11 Å². The quantitative estimate of drug-likeness (QED) is 0.770. The normalized spacial score (nSPS) is 12.1. The molecule has 1 radical (unpaired) electrons. The Morgan fingerprint density at radius 1 is 1.20 bits per heavy atom. The van der Waals surface area contributed by atoms with Gasteiger partial charge in [-0.3, -0.25) is 0 Å².